The third-order valence-electron chi connectivity index (χ3n) is 3.48. The molecule has 0 radical (unpaired) electrons. The zero-order valence-corrected chi connectivity index (χ0v) is 13.2. The minimum absolute atomic E-state index is 0.639. The molecule has 1 heteroatoms. The normalized spacial score (nSPS) is 13.6. The van der Waals surface area contributed by atoms with Crippen molar-refractivity contribution in [2.75, 3.05) is 6.54 Å². The van der Waals surface area contributed by atoms with Crippen molar-refractivity contribution in [1.29, 1.82) is 0 Å². The number of unbranched alkanes of at least 4 members (excludes halogenated alkanes) is 4. The lowest BCUT2D eigenvalue weighted by molar-refractivity contribution is 0.434. The second-order valence-electron chi connectivity index (χ2n) is 5.92. The van der Waals surface area contributed by atoms with E-state index in [1.54, 1.807) is 0 Å². The van der Waals surface area contributed by atoms with E-state index in [2.05, 4.69) is 45.2 Å². The third-order valence-corrected chi connectivity index (χ3v) is 3.48. The lowest BCUT2D eigenvalue weighted by Crippen LogP contribution is -2.23. The van der Waals surface area contributed by atoms with Crippen molar-refractivity contribution in [3.63, 3.8) is 0 Å². The fourth-order valence-electron chi connectivity index (χ4n) is 2.25. The molecule has 18 heavy (non-hydrogen) atoms. The maximum Gasteiger partial charge on any atom is 0.00103 e. The smallest absolute Gasteiger partial charge is 0.00103 e. The summed E-state index contributed by atoms with van der Waals surface area (Å²) in [5.41, 5.74) is 0. The van der Waals surface area contributed by atoms with Gasteiger partial charge in [-0.3, -0.25) is 0 Å². The van der Waals surface area contributed by atoms with Crippen LogP contribution in [0.25, 0.3) is 0 Å². The molecule has 1 unspecified atom stereocenters. The predicted molar refractivity (Wildman–Crippen MR) is 84.1 cm³/mol. The molecule has 0 rings (SSSR count). The fraction of sp³-hybridized carbons (Fsp3) is 0.882. The molecular weight excluding hydrogens is 218 g/mol. The molecular formula is C17H35N. The molecule has 0 aromatic rings. The molecule has 0 saturated carbocycles. The van der Waals surface area contributed by atoms with E-state index in [-0.39, 0.29) is 0 Å². The van der Waals surface area contributed by atoms with Crippen molar-refractivity contribution >= 4 is 0 Å². The number of hydrogen-bond acceptors (Lipinski definition) is 1. The van der Waals surface area contributed by atoms with Gasteiger partial charge in [0.15, 0.2) is 0 Å². The lowest BCUT2D eigenvalue weighted by atomic mass is 9.97. The van der Waals surface area contributed by atoms with E-state index >= 15 is 0 Å². The third kappa shape index (κ3) is 13.8. The molecule has 1 nitrogen and oxygen atoms in total. The number of allylic oxidation sites excluding steroid dienone is 2. The number of rotatable bonds is 12. The number of nitrogens with one attached hydrogen (secondary N) is 1. The minimum Gasteiger partial charge on any atom is -0.315 e. The van der Waals surface area contributed by atoms with Gasteiger partial charge >= 0.3 is 0 Å². The molecule has 0 amide bonds. The predicted octanol–water partition coefficient (Wildman–Crippen LogP) is 5.32. The maximum absolute atomic E-state index is 3.48. The summed E-state index contributed by atoms with van der Waals surface area (Å²) in [7, 11) is 0. The van der Waals surface area contributed by atoms with Gasteiger partial charge in [-0.2, -0.15) is 0 Å². The van der Waals surface area contributed by atoms with Crippen molar-refractivity contribution in [2.45, 2.75) is 85.1 Å². The van der Waals surface area contributed by atoms with Crippen LogP contribution in [0.5, 0.6) is 0 Å². The molecule has 1 atom stereocenters. The van der Waals surface area contributed by atoms with E-state index in [0.29, 0.717) is 6.04 Å². The molecule has 0 aliphatic rings. The highest BCUT2D eigenvalue weighted by Gasteiger charge is 2.01. The van der Waals surface area contributed by atoms with Crippen LogP contribution in [0.1, 0.15) is 79.1 Å². The summed E-state index contributed by atoms with van der Waals surface area (Å²) < 4.78 is 0. The van der Waals surface area contributed by atoms with Gasteiger partial charge in [0.05, 0.1) is 0 Å². The Kier molecular flexibility index (Phi) is 12.9. The Hall–Kier alpha value is -0.300. The van der Waals surface area contributed by atoms with Crippen LogP contribution in [-0.4, -0.2) is 12.6 Å². The molecule has 0 fully saturated rings. The molecule has 0 bridgehead atoms. The van der Waals surface area contributed by atoms with Crippen LogP contribution in [-0.2, 0) is 0 Å². The van der Waals surface area contributed by atoms with Crippen molar-refractivity contribution in [3.05, 3.63) is 12.2 Å². The Labute approximate surface area is 115 Å². The topological polar surface area (TPSA) is 12.0 Å². The van der Waals surface area contributed by atoms with Crippen molar-refractivity contribution < 1.29 is 0 Å². The average Bonchev–Trinajstić information content (AvgIpc) is 2.33. The molecule has 0 aliphatic heterocycles. The molecule has 0 spiro atoms. The monoisotopic (exact) mass is 253 g/mol. The SMILES string of the molecule is C/C=C\CCCCCC(C)CCCCNC(C)C. The van der Waals surface area contributed by atoms with Crippen LogP contribution in [0, 0.1) is 5.92 Å². The van der Waals surface area contributed by atoms with Crippen LogP contribution in [0.4, 0.5) is 0 Å². The first-order valence-electron chi connectivity index (χ1n) is 8.01. The molecule has 0 aromatic heterocycles. The van der Waals surface area contributed by atoms with E-state index in [0.717, 1.165) is 5.92 Å². The summed E-state index contributed by atoms with van der Waals surface area (Å²) in [5, 5.41) is 3.48. The van der Waals surface area contributed by atoms with Crippen molar-refractivity contribution in [3.8, 4) is 0 Å². The van der Waals surface area contributed by atoms with Crippen molar-refractivity contribution in [1.82, 2.24) is 5.32 Å². The summed E-state index contributed by atoms with van der Waals surface area (Å²) in [6.45, 7) is 10.2. The van der Waals surface area contributed by atoms with Gasteiger partial charge in [-0.05, 0) is 38.6 Å². The largest absolute Gasteiger partial charge is 0.315 e. The highest BCUT2D eigenvalue weighted by Crippen LogP contribution is 2.16. The molecule has 1 N–H and O–H groups in total. The Morgan fingerprint density at radius 2 is 1.56 bits per heavy atom. The quantitative estimate of drug-likeness (QED) is 0.367. The van der Waals surface area contributed by atoms with Gasteiger partial charge in [-0.15, -0.1) is 0 Å². The molecule has 0 aromatic carbocycles. The Morgan fingerprint density at radius 1 is 0.889 bits per heavy atom. The minimum atomic E-state index is 0.639. The maximum atomic E-state index is 3.48. The van der Waals surface area contributed by atoms with E-state index in [4.69, 9.17) is 0 Å². The first kappa shape index (κ1) is 17.7. The van der Waals surface area contributed by atoms with E-state index in [9.17, 15) is 0 Å². The highest BCUT2D eigenvalue weighted by atomic mass is 14.9. The van der Waals surface area contributed by atoms with Gasteiger partial charge in [0, 0.05) is 6.04 Å². The fourth-order valence-corrected chi connectivity index (χ4v) is 2.25. The van der Waals surface area contributed by atoms with Gasteiger partial charge in [0.1, 0.15) is 0 Å². The van der Waals surface area contributed by atoms with Crippen molar-refractivity contribution in [2.24, 2.45) is 5.92 Å². The van der Waals surface area contributed by atoms with Gasteiger partial charge in [-0.25, -0.2) is 0 Å². The van der Waals surface area contributed by atoms with Gasteiger partial charge in [0.25, 0.3) is 0 Å². The zero-order valence-electron chi connectivity index (χ0n) is 13.2. The Balaban J connectivity index is 3.19. The molecule has 0 saturated heterocycles. The second-order valence-corrected chi connectivity index (χ2v) is 5.92. The van der Waals surface area contributed by atoms with E-state index < -0.39 is 0 Å². The van der Waals surface area contributed by atoms with Crippen LogP contribution >= 0.6 is 0 Å². The summed E-state index contributed by atoms with van der Waals surface area (Å²) >= 11 is 0. The summed E-state index contributed by atoms with van der Waals surface area (Å²) in [5.74, 6) is 0.922. The summed E-state index contributed by atoms with van der Waals surface area (Å²) in [6, 6.07) is 0.639. The van der Waals surface area contributed by atoms with Crippen LogP contribution in [0.2, 0.25) is 0 Å². The van der Waals surface area contributed by atoms with Gasteiger partial charge in [-0.1, -0.05) is 65.0 Å². The van der Waals surface area contributed by atoms with Crippen LogP contribution in [0.15, 0.2) is 12.2 Å². The van der Waals surface area contributed by atoms with Gasteiger partial charge < -0.3 is 5.32 Å². The number of hydrogen-bond donors (Lipinski definition) is 1. The van der Waals surface area contributed by atoms with E-state index in [1.807, 2.05) is 0 Å². The standard InChI is InChI=1S/C17H35N/c1-5-6-7-8-9-10-13-17(4)14-11-12-15-18-16(2)3/h5-6,16-18H,7-15H2,1-4H3/b6-5-. The molecule has 108 valence electrons. The highest BCUT2D eigenvalue weighted by molar-refractivity contribution is 4.76. The summed E-state index contributed by atoms with van der Waals surface area (Å²) in [4.78, 5) is 0. The Bertz CT molecular complexity index is 184. The van der Waals surface area contributed by atoms with Crippen LogP contribution in [0.3, 0.4) is 0 Å². The zero-order chi connectivity index (χ0) is 13.6. The first-order valence-corrected chi connectivity index (χ1v) is 8.01. The van der Waals surface area contributed by atoms with E-state index in [1.165, 1.54) is 57.9 Å². The van der Waals surface area contributed by atoms with Gasteiger partial charge in [0.2, 0.25) is 0 Å². The molecule has 0 heterocycles. The average molecular weight is 253 g/mol. The second kappa shape index (κ2) is 13.1. The lowest BCUT2D eigenvalue weighted by Gasteiger charge is -2.12. The Morgan fingerprint density at radius 3 is 2.17 bits per heavy atom. The first-order chi connectivity index (χ1) is 8.66. The summed E-state index contributed by atoms with van der Waals surface area (Å²) in [6.07, 6.45) is 15.5. The van der Waals surface area contributed by atoms with Crippen LogP contribution < -0.4 is 5.32 Å². The molecule has 0 aliphatic carbocycles.